The zero-order valence-corrected chi connectivity index (χ0v) is 10.2. The number of carbonyl (C=O) groups is 1. The third-order valence-corrected chi connectivity index (χ3v) is 2.98. The van der Waals surface area contributed by atoms with Gasteiger partial charge in [0.2, 0.25) is 5.78 Å². The molecule has 0 aliphatic carbocycles. The van der Waals surface area contributed by atoms with E-state index in [4.69, 9.17) is 4.42 Å². The van der Waals surface area contributed by atoms with Crippen molar-refractivity contribution < 1.29 is 13.6 Å². The largest absolute Gasteiger partial charge is 0.452 e. The van der Waals surface area contributed by atoms with Crippen molar-refractivity contribution in [2.24, 2.45) is 0 Å². The molecule has 19 heavy (non-hydrogen) atoms. The van der Waals surface area contributed by atoms with Gasteiger partial charge in [0, 0.05) is 11.6 Å². The van der Waals surface area contributed by atoms with Crippen LogP contribution in [0.5, 0.6) is 0 Å². The minimum atomic E-state index is -0.648. The number of nitrogens with zero attached hydrogens (tertiary/aromatic N) is 1. The minimum Gasteiger partial charge on any atom is -0.452 e. The fourth-order valence-electron chi connectivity index (χ4n) is 2.01. The number of ketones is 1. The van der Waals surface area contributed by atoms with Crippen LogP contribution in [0.3, 0.4) is 0 Å². The standard InChI is InChI=1S/C15H10FNO2/c1-9-3-2-4-10-7-13(19-15(9)10)14(18)11-5-6-17-8-12(11)16/h2-8H,1H3. The molecule has 0 unspecified atom stereocenters. The number of carbonyl (C=O) groups excluding carboxylic acids is 1. The van der Waals surface area contributed by atoms with Crippen molar-refractivity contribution in [2.75, 3.05) is 0 Å². The molecule has 2 heterocycles. The topological polar surface area (TPSA) is 43.1 Å². The molecule has 0 bridgehead atoms. The number of hydrogen-bond donors (Lipinski definition) is 0. The van der Waals surface area contributed by atoms with Gasteiger partial charge >= 0.3 is 0 Å². The summed E-state index contributed by atoms with van der Waals surface area (Å²) < 4.78 is 19.1. The summed E-state index contributed by atoms with van der Waals surface area (Å²) in [5, 5.41) is 0.831. The molecule has 1 aromatic carbocycles. The van der Waals surface area contributed by atoms with Crippen LogP contribution in [0, 0.1) is 12.7 Å². The van der Waals surface area contributed by atoms with Crippen molar-refractivity contribution in [2.45, 2.75) is 6.92 Å². The summed E-state index contributed by atoms with van der Waals surface area (Å²) in [4.78, 5) is 15.8. The van der Waals surface area contributed by atoms with E-state index < -0.39 is 11.6 Å². The van der Waals surface area contributed by atoms with E-state index in [1.165, 1.54) is 12.3 Å². The highest BCUT2D eigenvalue weighted by Crippen LogP contribution is 2.24. The second-order valence-corrected chi connectivity index (χ2v) is 4.29. The summed E-state index contributed by atoms with van der Waals surface area (Å²) in [6.45, 7) is 1.90. The van der Waals surface area contributed by atoms with Gasteiger partial charge in [-0.05, 0) is 24.6 Å². The number of fused-ring (bicyclic) bond motifs is 1. The molecular weight excluding hydrogens is 245 g/mol. The van der Waals surface area contributed by atoms with Crippen LogP contribution in [-0.4, -0.2) is 10.8 Å². The lowest BCUT2D eigenvalue weighted by Gasteiger charge is -1.98. The Morgan fingerprint density at radius 3 is 2.89 bits per heavy atom. The molecule has 0 saturated carbocycles. The highest BCUT2D eigenvalue weighted by molar-refractivity contribution is 6.09. The molecule has 3 rings (SSSR count). The van der Waals surface area contributed by atoms with E-state index in [0.29, 0.717) is 5.58 Å². The summed E-state index contributed by atoms with van der Waals surface area (Å²) in [6.07, 6.45) is 2.39. The predicted octanol–water partition coefficient (Wildman–Crippen LogP) is 3.51. The first-order valence-corrected chi connectivity index (χ1v) is 5.80. The van der Waals surface area contributed by atoms with Crippen LogP contribution in [0.15, 0.2) is 47.1 Å². The number of hydrogen-bond acceptors (Lipinski definition) is 3. The summed E-state index contributed by atoms with van der Waals surface area (Å²) in [5.41, 5.74) is 1.55. The summed E-state index contributed by atoms with van der Waals surface area (Å²) in [5.74, 6) is -0.991. The molecule has 2 aromatic heterocycles. The summed E-state index contributed by atoms with van der Waals surface area (Å²) in [7, 11) is 0. The zero-order chi connectivity index (χ0) is 13.4. The van der Waals surface area contributed by atoms with E-state index in [-0.39, 0.29) is 11.3 Å². The SMILES string of the molecule is Cc1cccc2cc(C(=O)c3ccncc3F)oc12. The van der Waals surface area contributed by atoms with Crippen LogP contribution in [0.25, 0.3) is 11.0 Å². The Labute approximate surface area is 108 Å². The molecular formula is C15H10FNO2. The molecule has 0 radical (unpaired) electrons. The minimum absolute atomic E-state index is 0.0355. The average Bonchev–Trinajstić information content (AvgIpc) is 2.84. The number of pyridine rings is 1. The maximum Gasteiger partial charge on any atom is 0.231 e. The molecule has 3 aromatic rings. The van der Waals surface area contributed by atoms with Crippen LogP contribution in [0.1, 0.15) is 21.7 Å². The molecule has 0 saturated heterocycles. The van der Waals surface area contributed by atoms with Crippen molar-refractivity contribution in [3.8, 4) is 0 Å². The van der Waals surface area contributed by atoms with Crippen molar-refractivity contribution in [1.29, 1.82) is 0 Å². The molecule has 0 atom stereocenters. The third kappa shape index (κ3) is 1.91. The quantitative estimate of drug-likeness (QED) is 0.658. The number of para-hydroxylation sites is 1. The zero-order valence-electron chi connectivity index (χ0n) is 10.2. The van der Waals surface area contributed by atoms with Gasteiger partial charge in [-0.2, -0.15) is 0 Å². The number of aryl methyl sites for hydroxylation is 1. The Morgan fingerprint density at radius 2 is 2.16 bits per heavy atom. The van der Waals surface area contributed by atoms with Crippen LogP contribution in [-0.2, 0) is 0 Å². The molecule has 0 aliphatic rings. The Bertz CT molecular complexity index is 777. The van der Waals surface area contributed by atoms with Crippen LogP contribution >= 0.6 is 0 Å². The highest BCUT2D eigenvalue weighted by atomic mass is 19.1. The van der Waals surface area contributed by atoms with Crippen molar-refractivity contribution in [1.82, 2.24) is 4.98 Å². The monoisotopic (exact) mass is 255 g/mol. The first-order valence-electron chi connectivity index (χ1n) is 5.80. The van der Waals surface area contributed by atoms with E-state index in [0.717, 1.165) is 17.1 Å². The number of aromatic nitrogens is 1. The molecule has 0 aliphatic heterocycles. The fraction of sp³-hybridized carbons (Fsp3) is 0.0667. The fourth-order valence-corrected chi connectivity index (χ4v) is 2.01. The smallest absolute Gasteiger partial charge is 0.231 e. The predicted molar refractivity (Wildman–Crippen MR) is 68.6 cm³/mol. The summed E-state index contributed by atoms with van der Waals surface area (Å²) in [6, 6.07) is 8.61. The van der Waals surface area contributed by atoms with Gasteiger partial charge in [-0.1, -0.05) is 18.2 Å². The van der Waals surface area contributed by atoms with Gasteiger partial charge in [0.25, 0.3) is 0 Å². The van der Waals surface area contributed by atoms with E-state index >= 15 is 0 Å². The van der Waals surface area contributed by atoms with E-state index in [1.807, 2.05) is 25.1 Å². The van der Waals surface area contributed by atoms with E-state index in [9.17, 15) is 9.18 Å². The van der Waals surface area contributed by atoms with Crippen LogP contribution in [0.2, 0.25) is 0 Å². The third-order valence-electron chi connectivity index (χ3n) is 2.98. The Balaban J connectivity index is 2.12. The van der Waals surface area contributed by atoms with Gasteiger partial charge in [-0.3, -0.25) is 9.78 Å². The second kappa shape index (κ2) is 4.31. The molecule has 3 nitrogen and oxygen atoms in total. The Morgan fingerprint density at radius 1 is 1.32 bits per heavy atom. The van der Waals surface area contributed by atoms with Crippen LogP contribution < -0.4 is 0 Å². The van der Waals surface area contributed by atoms with Crippen molar-refractivity contribution >= 4 is 16.8 Å². The lowest BCUT2D eigenvalue weighted by atomic mass is 10.1. The average molecular weight is 255 g/mol. The lowest BCUT2D eigenvalue weighted by Crippen LogP contribution is -2.03. The first-order chi connectivity index (χ1) is 9.16. The van der Waals surface area contributed by atoms with Gasteiger partial charge in [-0.25, -0.2) is 4.39 Å². The maximum absolute atomic E-state index is 13.5. The van der Waals surface area contributed by atoms with Gasteiger partial charge in [0.05, 0.1) is 11.8 Å². The molecule has 0 spiro atoms. The van der Waals surface area contributed by atoms with Crippen LogP contribution in [0.4, 0.5) is 4.39 Å². The lowest BCUT2D eigenvalue weighted by molar-refractivity contribution is 0.101. The number of rotatable bonds is 2. The second-order valence-electron chi connectivity index (χ2n) is 4.29. The Hall–Kier alpha value is -2.49. The molecule has 94 valence electrons. The van der Waals surface area contributed by atoms with Gasteiger partial charge in [0.15, 0.2) is 11.6 Å². The highest BCUT2D eigenvalue weighted by Gasteiger charge is 2.18. The molecule has 0 amide bonds. The van der Waals surface area contributed by atoms with Gasteiger partial charge in [0.1, 0.15) is 5.58 Å². The molecule has 0 fully saturated rings. The van der Waals surface area contributed by atoms with Crippen molar-refractivity contribution in [3.63, 3.8) is 0 Å². The van der Waals surface area contributed by atoms with E-state index in [2.05, 4.69) is 4.98 Å². The van der Waals surface area contributed by atoms with E-state index in [1.54, 1.807) is 6.07 Å². The molecule has 4 heteroatoms. The maximum atomic E-state index is 13.5. The Kier molecular flexibility index (Phi) is 2.63. The number of benzene rings is 1. The number of furan rings is 1. The molecule has 0 N–H and O–H groups in total. The normalized spacial score (nSPS) is 10.8. The summed E-state index contributed by atoms with van der Waals surface area (Å²) >= 11 is 0. The first kappa shape index (κ1) is 11.6. The van der Waals surface area contributed by atoms with Gasteiger partial charge < -0.3 is 4.42 Å². The number of halogens is 1. The van der Waals surface area contributed by atoms with Gasteiger partial charge in [-0.15, -0.1) is 0 Å². The van der Waals surface area contributed by atoms with Crippen molar-refractivity contribution in [3.05, 3.63) is 65.4 Å².